The Morgan fingerprint density at radius 1 is 0.632 bits per heavy atom. The summed E-state index contributed by atoms with van der Waals surface area (Å²) >= 11 is 0. The largest absolute Gasteiger partial charge is 0.335 e. The van der Waals surface area contributed by atoms with Gasteiger partial charge in [0, 0.05) is 27.9 Å². The third kappa shape index (κ3) is 4.17. The topological polar surface area (TPSA) is 3.24 Å². The molecule has 4 aromatic rings. The zero-order valence-electron chi connectivity index (χ0n) is 23.7. The van der Waals surface area contributed by atoms with E-state index in [4.69, 9.17) is 0 Å². The Morgan fingerprint density at radius 2 is 1.26 bits per heavy atom. The van der Waals surface area contributed by atoms with Crippen LogP contribution >= 0.6 is 0 Å². The van der Waals surface area contributed by atoms with Gasteiger partial charge in [-0.1, -0.05) is 106 Å². The van der Waals surface area contributed by atoms with Gasteiger partial charge in [0.25, 0.3) is 0 Å². The molecule has 0 heterocycles. The molecule has 0 N–H and O–H groups in total. The predicted octanol–water partition coefficient (Wildman–Crippen LogP) is 10.6. The van der Waals surface area contributed by atoms with Gasteiger partial charge in [-0.05, 0) is 91.1 Å². The van der Waals surface area contributed by atoms with Crippen LogP contribution in [0, 0.1) is 0 Å². The SMILES string of the molecule is CC1(C)c2ccccc2-c2cc(C3CCCCC3)c(N(c3ccccc3-c3ccccc3)C(C)(C)C)cc21. The van der Waals surface area contributed by atoms with Crippen LogP contribution in [0.3, 0.4) is 0 Å². The first kappa shape index (κ1) is 25.0. The molecule has 2 aliphatic carbocycles. The molecular formula is C37H41N. The molecule has 4 aromatic carbocycles. The minimum atomic E-state index is -0.0991. The van der Waals surface area contributed by atoms with E-state index in [1.54, 1.807) is 0 Å². The van der Waals surface area contributed by atoms with Gasteiger partial charge in [0.15, 0.2) is 0 Å². The number of para-hydroxylation sites is 1. The standard InChI is InChI=1S/C37H41N/c1-36(2,3)38(34-23-15-13-20-28(34)26-16-8-6-9-17-26)35-25-33-31(24-30(35)27-18-10-7-11-19-27)29-21-12-14-22-32(29)37(33,4)5/h6,8-9,12-17,20-25,27H,7,10-11,18-19H2,1-5H3. The summed E-state index contributed by atoms with van der Waals surface area (Å²) in [5.41, 5.74) is 12.4. The molecular weight excluding hydrogens is 458 g/mol. The average molecular weight is 500 g/mol. The highest BCUT2D eigenvalue weighted by Gasteiger charge is 2.39. The molecule has 1 fully saturated rings. The second-order valence-electron chi connectivity index (χ2n) is 12.9. The zero-order valence-corrected chi connectivity index (χ0v) is 23.7. The van der Waals surface area contributed by atoms with E-state index in [9.17, 15) is 0 Å². The predicted molar refractivity (Wildman–Crippen MR) is 164 cm³/mol. The zero-order chi connectivity index (χ0) is 26.5. The monoisotopic (exact) mass is 499 g/mol. The summed E-state index contributed by atoms with van der Waals surface area (Å²) in [6, 6.07) is 34.1. The third-order valence-electron chi connectivity index (χ3n) is 8.92. The molecule has 0 aliphatic heterocycles. The fourth-order valence-electron chi connectivity index (χ4n) is 7.07. The second kappa shape index (κ2) is 9.45. The van der Waals surface area contributed by atoms with Crippen LogP contribution in [-0.2, 0) is 5.41 Å². The number of anilines is 2. The van der Waals surface area contributed by atoms with E-state index in [1.807, 2.05) is 0 Å². The van der Waals surface area contributed by atoms with Crippen LogP contribution in [0.2, 0.25) is 0 Å². The van der Waals surface area contributed by atoms with Crippen LogP contribution in [0.1, 0.15) is 89.3 Å². The van der Waals surface area contributed by atoms with Gasteiger partial charge in [-0.2, -0.15) is 0 Å². The summed E-state index contributed by atoms with van der Waals surface area (Å²) in [7, 11) is 0. The van der Waals surface area contributed by atoms with E-state index in [1.165, 1.54) is 82.4 Å². The fourth-order valence-corrected chi connectivity index (χ4v) is 7.07. The fraction of sp³-hybridized carbons (Fsp3) is 0.351. The first-order valence-electron chi connectivity index (χ1n) is 14.5. The second-order valence-corrected chi connectivity index (χ2v) is 12.9. The van der Waals surface area contributed by atoms with E-state index < -0.39 is 0 Å². The van der Waals surface area contributed by atoms with E-state index in [0.717, 1.165) is 0 Å². The van der Waals surface area contributed by atoms with Crippen molar-refractivity contribution in [2.24, 2.45) is 0 Å². The number of benzene rings is 4. The Balaban J connectivity index is 1.63. The van der Waals surface area contributed by atoms with Crippen molar-refractivity contribution in [2.45, 2.75) is 83.6 Å². The average Bonchev–Trinajstić information content (AvgIpc) is 3.15. The van der Waals surface area contributed by atoms with Gasteiger partial charge in [-0.25, -0.2) is 0 Å². The van der Waals surface area contributed by atoms with Crippen molar-refractivity contribution in [1.82, 2.24) is 0 Å². The highest BCUT2D eigenvalue weighted by Crippen LogP contribution is 2.54. The van der Waals surface area contributed by atoms with Gasteiger partial charge < -0.3 is 4.90 Å². The van der Waals surface area contributed by atoms with E-state index in [2.05, 4.69) is 131 Å². The summed E-state index contributed by atoms with van der Waals surface area (Å²) in [6.45, 7) is 11.9. The van der Waals surface area contributed by atoms with Crippen molar-refractivity contribution in [3.63, 3.8) is 0 Å². The maximum absolute atomic E-state index is 2.65. The highest BCUT2D eigenvalue weighted by molar-refractivity contribution is 5.88. The summed E-state index contributed by atoms with van der Waals surface area (Å²) < 4.78 is 0. The molecule has 0 radical (unpaired) electrons. The molecule has 0 atom stereocenters. The van der Waals surface area contributed by atoms with Crippen LogP contribution in [0.25, 0.3) is 22.3 Å². The molecule has 0 spiro atoms. The Bertz CT molecular complexity index is 1450. The van der Waals surface area contributed by atoms with Crippen molar-refractivity contribution in [3.05, 3.63) is 108 Å². The normalized spacial score (nSPS) is 16.7. The molecule has 0 amide bonds. The maximum atomic E-state index is 2.65. The van der Waals surface area contributed by atoms with Crippen molar-refractivity contribution in [3.8, 4) is 22.3 Å². The Hall–Kier alpha value is -3.32. The van der Waals surface area contributed by atoms with E-state index >= 15 is 0 Å². The maximum Gasteiger partial charge on any atom is 0.0495 e. The number of rotatable bonds is 4. The van der Waals surface area contributed by atoms with E-state index in [-0.39, 0.29) is 11.0 Å². The first-order chi connectivity index (χ1) is 18.3. The van der Waals surface area contributed by atoms with Crippen molar-refractivity contribution in [2.75, 3.05) is 4.90 Å². The van der Waals surface area contributed by atoms with Gasteiger partial charge in [0.1, 0.15) is 0 Å². The molecule has 0 aromatic heterocycles. The molecule has 1 nitrogen and oxygen atoms in total. The molecule has 0 bridgehead atoms. The summed E-state index contributed by atoms with van der Waals surface area (Å²) in [4.78, 5) is 2.65. The Kier molecular flexibility index (Phi) is 6.22. The minimum Gasteiger partial charge on any atom is -0.335 e. The molecule has 6 rings (SSSR count). The van der Waals surface area contributed by atoms with Gasteiger partial charge in [0.2, 0.25) is 0 Å². The number of hydrogen-bond donors (Lipinski definition) is 0. The quantitative estimate of drug-likeness (QED) is 0.270. The Labute approximate surface area is 229 Å². The lowest BCUT2D eigenvalue weighted by atomic mass is 9.78. The molecule has 1 heteroatoms. The van der Waals surface area contributed by atoms with Crippen LogP contribution in [0.4, 0.5) is 11.4 Å². The molecule has 38 heavy (non-hydrogen) atoms. The molecule has 1 saturated carbocycles. The van der Waals surface area contributed by atoms with E-state index in [0.29, 0.717) is 5.92 Å². The summed E-state index contributed by atoms with van der Waals surface area (Å²) in [6.07, 6.45) is 6.61. The van der Waals surface area contributed by atoms with Crippen molar-refractivity contribution < 1.29 is 0 Å². The molecule has 0 saturated heterocycles. The highest BCUT2D eigenvalue weighted by atomic mass is 15.2. The van der Waals surface area contributed by atoms with Gasteiger partial charge in [-0.15, -0.1) is 0 Å². The number of hydrogen-bond acceptors (Lipinski definition) is 1. The lowest BCUT2D eigenvalue weighted by Crippen LogP contribution is -2.39. The number of nitrogens with zero attached hydrogens (tertiary/aromatic N) is 1. The van der Waals surface area contributed by atoms with Crippen LogP contribution in [0.5, 0.6) is 0 Å². The van der Waals surface area contributed by atoms with Crippen LogP contribution in [0.15, 0.2) is 91.0 Å². The summed E-state index contributed by atoms with van der Waals surface area (Å²) in [5.74, 6) is 0.605. The van der Waals surface area contributed by atoms with Gasteiger partial charge in [-0.3, -0.25) is 0 Å². The lowest BCUT2D eigenvalue weighted by Gasteiger charge is -2.42. The van der Waals surface area contributed by atoms with Crippen molar-refractivity contribution in [1.29, 1.82) is 0 Å². The third-order valence-corrected chi connectivity index (χ3v) is 8.92. The summed E-state index contributed by atoms with van der Waals surface area (Å²) in [5, 5.41) is 0. The van der Waals surface area contributed by atoms with Crippen LogP contribution in [-0.4, -0.2) is 5.54 Å². The molecule has 2 aliphatic rings. The smallest absolute Gasteiger partial charge is 0.0495 e. The Morgan fingerprint density at radius 3 is 1.97 bits per heavy atom. The van der Waals surface area contributed by atoms with Crippen LogP contribution < -0.4 is 4.90 Å². The van der Waals surface area contributed by atoms with Gasteiger partial charge in [0.05, 0.1) is 0 Å². The minimum absolute atomic E-state index is 0.0196. The lowest BCUT2D eigenvalue weighted by molar-refractivity contribution is 0.442. The first-order valence-corrected chi connectivity index (χ1v) is 14.5. The molecule has 194 valence electrons. The van der Waals surface area contributed by atoms with Crippen molar-refractivity contribution >= 4 is 11.4 Å². The number of fused-ring (bicyclic) bond motifs is 3. The molecule has 0 unspecified atom stereocenters. The van der Waals surface area contributed by atoms with Gasteiger partial charge >= 0.3 is 0 Å².